The van der Waals surface area contributed by atoms with Gasteiger partial charge in [-0.2, -0.15) is 13.2 Å². The number of halogens is 4. The first kappa shape index (κ1) is 25.9. The lowest BCUT2D eigenvalue weighted by Crippen LogP contribution is -2.16. The van der Waals surface area contributed by atoms with E-state index in [9.17, 15) is 27.2 Å². The first-order chi connectivity index (χ1) is 18.6. The molecule has 198 valence electrons. The maximum atomic E-state index is 13.6. The van der Waals surface area contributed by atoms with Crippen LogP contribution in [0.25, 0.3) is 21.3 Å². The Morgan fingerprint density at radius 3 is 2.41 bits per heavy atom. The third kappa shape index (κ3) is 5.46. The van der Waals surface area contributed by atoms with Gasteiger partial charge in [0.1, 0.15) is 39.3 Å². The van der Waals surface area contributed by atoms with Crippen LogP contribution in [0.1, 0.15) is 31.7 Å². The molecule has 2 aromatic carbocycles. The van der Waals surface area contributed by atoms with Gasteiger partial charge in [0.15, 0.2) is 5.76 Å². The van der Waals surface area contributed by atoms with Crippen molar-refractivity contribution < 1.29 is 36.3 Å². The number of aromatic nitrogens is 1. The Morgan fingerprint density at radius 1 is 1.03 bits per heavy atom. The van der Waals surface area contributed by atoms with Crippen molar-refractivity contribution in [2.24, 2.45) is 5.73 Å². The number of furan rings is 1. The highest BCUT2D eigenvalue weighted by Gasteiger charge is 2.35. The number of hydrogen-bond donors (Lipinski definition) is 2. The maximum Gasteiger partial charge on any atom is 0.433 e. The highest BCUT2D eigenvalue weighted by atomic mass is 32.1. The Labute approximate surface area is 221 Å². The van der Waals surface area contributed by atoms with Crippen molar-refractivity contribution >= 4 is 39.1 Å². The van der Waals surface area contributed by atoms with E-state index in [1.807, 2.05) is 0 Å². The first-order valence-electron chi connectivity index (χ1n) is 11.3. The number of hydrogen-bond acceptors (Lipinski definition) is 6. The molecule has 3 aromatic heterocycles. The number of alkyl halides is 3. The lowest BCUT2D eigenvalue weighted by atomic mass is 10.0. The van der Waals surface area contributed by atoms with E-state index in [2.05, 4.69) is 10.3 Å². The third-order valence-electron chi connectivity index (χ3n) is 5.58. The van der Waals surface area contributed by atoms with Gasteiger partial charge in [-0.25, -0.2) is 9.37 Å². The van der Waals surface area contributed by atoms with Gasteiger partial charge in [0.2, 0.25) is 0 Å². The fourth-order valence-corrected chi connectivity index (χ4v) is 4.83. The Kier molecular flexibility index (Phi) is 6.79. The van der Waals surface area contributed by atoms with Crippen LogP contribution in [0.5, 0.6) is 5.75 Å². The number of benzene rings is 2. The van der Waals surface area contributed by atoms with Gasteiger partial charge in [0.05, 0.1) is 5.69 Å². The van der Waals surface area contributed by atoms with Crippen LogP contribution in [-0.2, 0) is 12.8 Å². The molecule has 0 aliphatic carbocycles. The lowest BCUT2D eigenvalue weighted by molar-refractivity contribution is -0.140. The molecule has 39 heavy (non-hydrogen) atoms. The van der Waals surface area contributed by atoms with Gasteiger partial charge < -0.3 is 20.2 Å². The molecule has 0 unspecified atom stereocenters. The van der Waals surface area contributed by atoms with Gasteiger partial charge in [0, 0.05) is 5.39 Å². The van der Waals surface area contributed by atoms with E-state index in [4.69, 9.17) is 14.9 Å². The number of carbonyl (C=O) groups is 2. The fourth-order valence-electron chi connectivity index (χ4n) is 3.82. The molecule has 0 saturated carbocycles. The van der Waals surface area contributed by atoms with Crippen molar-refractivity contribution in [1.82, 2.24) is 4.98 Å². The normalized spacial score (nSPS) is 11.5. The summed E-state index contributed by atoms with van der Waals surface area (Å²) in [7, 11) is 0. The molecule has 0 aliphatic heterocycles. The van der Waals surface area contributed by atoms with Crippen LogP contribution in [0.4, 0.5) is 23.2 Å². The summed E-state index contributed by atoms with van der Waals surface area (Å²) in [5, 5.41) is 2.70. The molecule has 5 aromatic rings. The highest BCUT2D eigenvalue weighted by molar-refractivity contribution is 7.21. The summed E-state index contributed by atoms with van der Waals surface area (Å²) in [6.07, 6.45) is -4.75. The number of nitrogens with one attached hydrogen (secondary N) is 1. The highest BCUT2D eigenvalue weighted by Crippen LogP contribution is 2.43. The second-order valence-electron chi connectivity index (χ2n) is 8.23. The van der Waals surface area contributed by atoms with Gasteiger partial charge in [-0.1, -0.05) is 30.3 Å². The van der Waals surface area contributed by atoms with Crippen molar-refractivity contribution in [2.45, 2.75) is 12.8 Å². The van der Waals surface area contributed by atoms with Crippen LogP contribution >= 0.6 is 11.3 Å². The van der Waals surface area contributed by atoms with Gasteiger partial charge >= 0.3 is 6.18 Å². The number of nitrogens with zero attached hydrogens (tertiary/aromatic N) is 1. The molecular formula is C27H17F4N3O4S. The average molecular weight is 556 g/mol. The van der Waals surface area contributed by atoms with Crippen LogP contribution in [0.15, 0.2) is 77.2 Å². The lowest BCUT2D eigenvalue weighted by Gasteiger charge is -2.12. The van der Waals surface area contributed by atoms with E-state index in [1.165, 1.54) is 36.4 Å². The van der Waals surface area contributed by atoms with Crippen LogP contribution in [0.3, 0.4) is 0 Å². The topological polar surface area (TPSA) is 107 Å². The smallest absolute Gasteiger partial charge is 0.433 e. The molecule has 0 fully saturated rings. The number of rotatable bonds is 7. The molecule has 5 rings (SSSR count). The number of nitrogens with two attached hydrogens (primary N) is 1. The summed E-state index contributed by atoms with van der Waals surface area (Å²) in [5.41, 5.74) is 4.82. The Balaban J connectivity index is 1.50. The minimum Gasteiger partial charge on any atom is -0.486 e. The van der Waals surface area contributed by atoms with Crippen molar-refractivity contribution in [3.63, 3.8) is 0 Å². The Hall–Kier alpha value is -4.71. The van der Waals surface area contributed by atoms with Gasteiger partial charge in [-0.15, -0.1) is 11.3 Å². The van der Waals surface area contributed by atoms with Crippen LogP contribution in [0, 0.1) is 5.82 Å². The number of anilines is 1. The Bertz CT molecular complexity index is 1680. The number of pyridine rings is 1. The second-order valence-corrected chi connectivity index (χ2v) is 9.23. The van der Waals surface area contributed by atoms with E-state index in [0.717, 1.165) is 6.07 Å². The minimum absolute atomic E-state index is 0.0604. The molecule has 3 N–H and O–H groups in total. The Morgan fingerprint density at radius 2 is 1.74 bits per heavy atom. The number of fused-ring (bicyclic) bond motifs is 1. The largest absolute Gasteiger partial charge is 0.486 e. The van der Waals surface area contributed by atoms with Crippen molar-refractivity contribution in [3.05, 3.63) is 101 Å². The molecule has 7 nitrogen and oxygen atoms in total. The fraction of sp³-hybridized carbons (Fsp3) is 0.0741. The SMILES string of the molecule is NC(=O)c1sc2nc(C(F)(F)F)cc(-c3ccccc3)c2c1NC(=O)c1ccc(COc2ccc(F)cc2)o1. The molecule has 0 spiro atoms. The number of ether oxygens (including phenoxy) is 1. The van der Waals surface area contributed by atoms with Crippen LogP contribution < -0.4 is 15.8 Å². The van der Waals surface area contributed by atoms with E-state index in [0.29, 0.717) is 22.6 Å². The second kappa shape index (κ2) is 10.2. The maximum absolute atomic E-state index is 13.6. The molecule has 2 amide bonds. The molecule has 0 bridgehead atoms. The third-order valence-corrected chi connectivity index (χ3v) is 6.68. The number of amides is 2. The quantitative estimate of drug-likeness (QED) is 0.219. The summed E-state index contributed by atoms with van der Waals surface area (Å²) in [6, 6.07) is 17.2. The summed E-state index contributed by atoms with van der Waals surface area (Å²) in [6.45, 7) is -0.0604. The molecule has 3 heterocycles. The predicted octanol–water partition coefficient (Wildman–Crippen LogP) is 6.64. The van der Waals surface area contributed by atoms with Crippen LogP contribution in [-0.4, -0.2) is 16.8 Å². The zero-order valence-corrected chi connectivity index (χ0v) is 20.5. The predicted molar refractivity (Wildman–Crippen MR) is 136 cm³/mol. The van der Waals surface area contributed by atoms with E-state index >= 15 is 0 Å². The van der Waals surface area contributed by atoms with Crippen molar-refractivity contribution in [3.8, 4) is 16.9 Å². The van der Waals surface area contributed by atoms with E-state index in [1.54, 1.807) is 30.3 Å². The monoisotopic (exact) mass is 555 g/mol. The zero-order valence-electron chi connectivity index (χ0n) is 19.7. The summed E-state index contributed by atoms with van der Waals surface area (Å²) >= 11 is 0.643. The van der Waals surface area contributed by atoms with E-state index < -0.39 is 29.5 Å². The molecular weight excluding hydrogens is 538 g/mol. The van der Waals surface area contributed by atoms with Gasteiger partial charge in [0.25, 0.3) is 11.8 Å². The molecule has 0 saturated heterocycles. The molecule has 0 atom stereocenters. The molecule has 12 heteroatoms. The van der Waals surface area contributed by atoms with Crippen LogP contribution in [0.2, 0.25) is 0 Å². The minimum atomic E-state index is -4.75. The number of carbonyl (C=O) groups excluding carboxylic acids is 2. The standard InChI is InChI=1S/C27H17F4N3O4S/c28-15-6-8-16(9-7-15)37-13-17-10-11-19(38-17)25(36)34-22-21-18(14-4-2-1-3-5-14)12-20(27(29,30)31)33-26(21)39-23(22)24(32)35/h1-12H,13H2,(H2,32,35)(H,34,36). The number of primary amides is 1. The van der Waals surface area contributed by atoms with Gasteiger partial charge in [-0.05, 0) is 53.6 Å². The molecule has 0 aliphatic rings. The van der Waals surface area contributed by atoms with E-state index in [-0.39, 0.29) is 44.5 Å². The summed E-state index contributed by atoms with van der Waals surface area (Å²) in [4.78, 5) is 28.8. The summed E-state index contributed by atoms with van der Waals surface area (Å²) in [5.74, 6) is -1.64. The molecule has 0 radical (unpaired) electrons. The van der Waals surface area contributed by atoms with Gasteiger partial charge in [-0.3, -0.25) is 9.59 Å². The summed E-state index contributed by atoms with van der Waals surface area (Å²) < 4.78 is 65.0. The van der Waals surface area contributed by atoms with Crippen molar-refractivity contribution in [1.29, 1.82) is 0 Å². The number of thiophene rings is 1. The average Bonchev–Trinajstić information content (AvgIpc) is 3.53. The first-order valence-corrected chi connectivity index (χ1v) is 12.1. The zero-order chi connectivity index (χ0) is 27.7. The van der Waals surface area contributed by atoms with Crippen molar-refractivity contribution in [2.75, 3.05) is 5.32 Å².